The molecule has 0 spiro atoms. The molecule has 1 N–H and O–H groups in total. The summed E-state index contributed by atoms with van der Waals surface area (Å²) >= 11 is 0. The van der Waals surface area contributed by atoms with Crippen LogP contribution in [0, 0.1) is 16.0 Å². The summed E-state index contributed by atoms with van der Waals surface area (Å²) in [5.41, 5.74) is 0.851. The van der Waals surface area contributed by atoms with E-state index < -0.39 is 4.92 Å². The second-order valence-electron chi connectivity index (χ2n) is 4.83. The molecule has 1 aromatic carbocycles. The minimum absolute atomic E-state index is 0.0104. The Morgan fingerprint density at radius 2 is 2.32 bits per heavy atom. The van der Waals surface area contributed by atoms with Crippen molar-refractivity contribution in [1.82, 2.24) is 0 Å². The van der Waals surface area contributed by atoms with Crippen LogP contribution in [-0.2, 0) is 0 Å². The number of carbonyl (C=O) groups is 1. The molecule has 1 fully saturated rings. The van der Waals surface area contributed by atoms with E-state index >= 15 is 0 Å². The first kappa shape index (κ1) is 13.5. The van der Waals surface area contributed by atoms with Crippen molar-refractivity contribution in [3.63, 3.8) is 0 Å². The smallest absolute Gasteiger partial charge is 0.270 e. The van der Waals surface area contributed by atoms with Gasteiger partial charge in [0.05, 0.1) is 17.6 Å². The summed E-state index contributed by atoms with van der Waals surface area (Å²) in [5, 5.41) is 20.1. The zero-order chi connectivity index (χ0) is 14.0. The van der Waals surface area contributed by atoms with Gasteiger partial charge in [-0.1, -0.05) is 6.92 Å². The number of benzene rings is 1. The van der Waals surface area contributed by atoms with Crippen molar-refractivity contribution in [1.29, 1.82) is 0 Å². The van der Waals surface area contributed by atoms with Gasteiger partial charge in [0.1, 0.15) is 0 Å². The average molecular weight is 264 g/mol. The largest absolute Gasteiger partial charge is 0.394 e. The monoisotopic (exact) mass is 264 g/mol. The van der Waals surface area contributed by atoms with Crippen LogP contribution in [0.25, 0.3) is 0 Å². The fourth-order valence-electron chi connectivity index (χ4n) is 2.60. The Morgan fingerprint density at radius 3 is 2.89 bits per heavy atom. The highest BCUT2D eigenvalue weighted by Gasteiger charge is 2.32. The normalized spacial score (nSPS) is 22.5. The topological polar surface area (TPSA) is 83.7 Å². The van der Waals surface area contributed by atoms with Crippen molar-refractivity contribution in [2.45, 2.75) is 19.4 Å². The molecule has 0 aliphatic carbocycles. The Balaban J connectivity index is 2.39. The Labute approximate surface area is 110 Å². The van der Waals surface area contributed by atoms with Gasteiger partial charge in [0.2, 0.25) is 0 Å². The second kappa shape index (κ2) is 5.36. The van der Waals surface area contributed by atoms with E-state index in [1.165, 1.54) is 12.1 Å². The number of hydrogen-bond acceptors (Lipinski definition) is 5. The zero-order valence-electron chi connectivity index (χ0n) is 10.7. The van der Waals surface area contributed by atoms with Crippen molar-refractivity contribution < 1.29 is 14.8 Å². The lowest BCUT2D eigenvalue weighted by molar-refractivity contribution is -0.384. The van der Waals surface area contributed by atoms with Crippen molar-refractivity contribution in [2.24, 2.45) is 5.92 Å². The summed E-state index contributed by atoms with van der Waals surface area (Å²) in [5.74, 6) is 0.333. The molecule has 0 bridgehead atoms. The molecule has 1 aliphatic heterocycles. The van der Waals surface area contributed by atoms with E-state index in [1.807, 2.05) is 11.8 Å². The van der Waals surface area contributed by atoms with Gasteiger partial charge in [-0.2, -0.15) is 0 Å². The van der Waals surface area contributed by atoms with E-state index in [9.17, 15) is 20.0 Å². The van der Waals surface area contributed by atoms with Gasteiger partial charge in [-0.05, 0) is 18.4 Å². The van der Waals surface area contributed by atoms with Gasteiger partial charge in [0.25, 0.3) is 5.69 Å². The van der Waals surface area contributed by atoms with Gasteiger partial charge < -0.3 is 10.0 Å². The lowest BCUT2D eigenvalue weighted by Crippen LogP contribution is -2.35. The van der Waals surface area contributed by atoms with Crippen molar-refractivity contribution >= 4 is 17.7 Å². The van der Waals surface area contributed by atoms with Crippen molar-refractivity contribution in [3.8, 4) is 0 Å². The highest BCUT2D eigenvalue weighted by molar-refractivity contribution is 5.86. The lowest BCUT2D eigenvalue weighted by atomic mass is 10.0. The first-order valence-electron chi connectivity index (χ1n) is 6.19. The number of anilines is 1. The predicted molar refractivity (Wildman–Crippen MR) is 70.5 cm³/mol. The summed E-state index contributed by atoms with van der Waals surface area (Å²) in [6.45, 7) is 2.80. The number of hydrogen-bond donors (Lipinski definition) is 1. The van der Waals surface area contributed by atoms with Gasteiger partial charge in [-0.15, -0.1) is 0 Å². The third kappa shape index (κ3) is 2.44. The van der Waals surface area contributed by atoms with Gasteiger partial charge in [-0.3, -0.25) is 14.9 Å². The zero-order valence-corrected chi connectivity index (χ0v) is 10.7. The summed E-state index contributed by atoms with van der Waals surface area (Å²) in [6.07, 6.45) is 1.56. The van der Waals surface area contributed by atoms with Crippen LogP contribution in [0.3, 0.4) is 0 Å². The van der Waals surface area contributed by atoms with Gasteiger partial charge in [0, 0.05) is 29.9 Å². The molecule has 0 saturated carbocycles. The molecule has 1 aliphatic rings. The van der Waals surface area contributed by atoms with E-state index in [0.717, 1.165) is 13.0 Å². The van der Waals surface area contributed by atoms with E-state index in [1.54, 1.807) is 6.07 Å². The number of aliphatic hydroxyl groups excluding tert-OH is 1. The molecule has 1 heterocycles. The van der Waals surface area contributed by atoms with Crippen molar-refractivity contribution in [3.05, 3.63) is 33.9 Å². The van der Waals surface area contributed by atoms with E-state index in [-0.39, 0.29) is 18.3 Å². The quantitative estimate of drug-likeness (QED) is 0.507. The predicted octanol–water partition coefficient (Wildman–Crippen LogP) is 1.61. The maximum Gasteiger partial charge on any atom is 0.270 e. The first-order valence-corrected chi connectivity index (χ1v) is 6.19. The third-order valence-corrected chi connectivity index (χ3v) is 3.73. The number of nitro groups is 1. The molecule has 1 saturated heterocycles. The Morgan fingerprint density at radius 1 is 1.58 bits per heavy atom. The number of aldehydes is 1. The molecular formula is C13H16N2O4. The Bertz CT molecular complexity index is 503. The number of rotatable bonds is 4. The van der Waals surface area contributed by atoms with E-state index in [2.05, 4.69) is 0 Å². The van der Waals surface area contributed by atoms with Crippen LogP contribution in [0.1, 0.15) is 23.7 Å². The number of carbonyl (C=O) groups excluding carboxylic acids is 1. The minimum atomic E-state index is -0.521. The van der Waals surface area contributed by atoms with Gasteiger partial charge in [-0.25, -0.2) is 0 Å². The molecule has 1 aromatic rings. The fraction of sp³-hybridized carbons (Fsp3) is 0.462. The SMILES string of the molecule is CC1CCN(c2ccc([N+](=O)[O-])cc2C=O)C1CO. The number of nitro benzene ring substituents is 1. The average Bonchev–Trinajstić information content (AvgIpc) is 2.78. The molecule has 0 amide bonds. The standard InChI is InChI=1S/C13H16N2O4/c1-9-4-5-14(13(9)8-17)12-3-2-11(15(18)19)6-10(12)7-16/h2-3,6-7,9,13,17H,4-5,8H2,1H3. The lowest BCUT2D eigenvalue weighted by Gasteiger charge is -2.28. The first-order chi connectivity index (χ1) is 9.08. The number of nitrogens with zero attached hydrogens (tertiary/aromatic N) is 2. The van der Waals surface area contributed by atoms with Crippen LogP contribution in [0.2, 0.25) is 0 Å². The Kier molecular flexibility index (Phi) is 3.80. The second-order valence-corrected chi connectivity index (χ2v) is 4.83. The number of non-ortho nitro benzene ring substituents is 1. The molecular weight excluding hydrogens is 248 g/mol. The molecule has 102 valence electrons. The maximum atomic E-state index is 11.1. The molecule has 0 aromatic heterocycles. The van der Waals surface area contributed by atoms with E-state index in [4.69, 9.17) is 0 Å². The molecule has 19 heavy (non-hydrogen) atoms. The highest BCUT2D eigenvalue weighted by Crippen LogP contribution is 2.32. The molecule has 6 heteroatoms. The van der Waals surface area contributed by atoms with E-state index in [0.29, 0.717) is 23.5 Å². The number of aliphatic hydroxyl groups is 1. The van der Waals surface area contributed by atoms with Gasteiger partial charge >= 0.3 is 0 Å². The summed E-state index contributed by atoms with van der Waals surface area (Å²) < 4.78 is 0. The third-order valence-electron chi connectivity index (χ3n) is 3.73. The summed E-state index contributed by atoms with van der Waals surface area (Å²) in [7, 11) is 0. The van der Waals surface area contributed by atoms with Crippen LogP contribution >= 0.6 is 0 Å². The minimum Gasteiger partial charge on any atom is -0.394 e. The Hall–Kier alpha value is -1.95. The molecule has 2 atom stereocenters. The highest BCUT2D eigenvalue weighted by atomic mass is 16.6. The molecule has 0 radical (unpaired) electrons. The van der Waals surface area contributed by atoms with Gasteiger partial charge in [0.15, 0.2) is 6.29 Å². The molecule has 6 nitrogen and oxygen atoms in total. The fourth-order valence-corrected chi connectivity index (χ4v) is 2.60. The van der Waals surface area contributed by atoms with Crippen molar-refractivity contribution in [2.75, 3.05) is 18.1 Å². The van der Waals surface area contributed by atoms with Crippen LogP contribution in [-0.4, -0.2) is 35.5 Å². The molecule has 2 rings (SSSR count). The van der Waals surface area contributed by atoms with Crippen LogP contribution in [0.4, 0.5) is 11.4 Å². The molecule has 2 unspecified atom stereocenters. The maximum absolute atomic E-state index is 11.1. The van der Waals surface area contributed by atoms with Crippen LogP contribution in [0.5, 0.6) is 0 Å². The summed E-state index contributed by atoms with van der Waals surface area (Å²) in [4.78, 5) is 23.3. The summed E-state index contributed by atoms with van der Waals surface area (Å²) in [6, 6.07) is 4.21. The van der Waals surface area contributed by atoms with Crippen LogP contribution < -0.4 is 4.90 Å². The van der Waals surface area contributed by atoms with Crippen LogP contribution in [0.15, 0.2) is 18.2 Å².